The molecule has 1 aromatic carbocycles. The molecule has 11 heteroatoms. The number of hydrogen-bond acceptors (Lipinski definition) is 7. The summed E-state index contributed by atoms with van der Waals surface area (Å²) in [7, 11) is 0. The van der Waals surface area contributed by atoms with E-state index < -0.39 is 0 Å². The molecule has 4 aromatic heterocycles. The second kappa shape index (κ2) is 9.68. The van der Waals surface area contributed by atoms with Crippen molar-refractivity contribution in [3.63, 3.8) is 0 Å². The zero-order chi connectivity index (χ0) is 25.7. The lowest BCUT2D eigenvalue weighted by Gasteiger charge is -2.10. The average Bonchev–Trinajstić information content (AvgIpc) is 3.28. The second-order valence-corrected chi connectivity index (χ2v) is 10.6. The number of nitrogens with zero attached hydrogens (tertiary/aromatic N) is 7. The van der Waals surface area contributed by atoms with Crippen LogP contribution >= 0.6 is 12.4 Å². The Kier molecular flexibility index (Phi) is 6.52. The minimum absolute atomic E-state index is 0. The fourth-order valence-electron chi connectivity index (χ4n) is 4.25. The van der Waals surface area contributed by atoms with Gasteiger partial charge < -0.3 is 9.84 Å². The number of fused-ring (bicyclic) bond motifs is 1. The molecule has 196 valence electrons. The van der Waals surface area contributed by atoms with E-state index in [-0.39, 0.29) is 29.6 Å². The molecule has 0 spiro atoms. The Balaban J connectivity index is 0.00000294. The third-order valence-electron chi connectivity index (χ3n) is 6.59. The molecule has 0 unspecified atom stereocenters. The van der Waals surface area contributed by atoms with Crippen LogP contribution in [0.1, 0.15) is 67.3 Å². The molecule has 5 aromatic rings. The van der Waals surface area contributed by atoms with Gasteiger partial charge in [-0.3, -0.25) is 9.48 Å². The third-order valence-corrected chi connectivity index (χ3v) is 6.59. The fraction of sp³-hybridized carbons (Fsp3) is 0.333. The Morgan fingerprint density at radius 2 is 1.92 bits per heavy atom. The van der Waals surface area contributed by atoms with Crippen molar-refractivity contribution in [3.05, 3.63) is 72.0 Å². The van der Waals surface area contributed by atoms with E-state index in [2.05, 4.69) is 49.0 Å². The van der Waals surface area contributed by atoms with Crippen LogP contribution < -0.4 is 5.32 Å². The predicted octanol–water partition coefficient (Wildman–Crippen LogP) is 4.94. The van der Waals surface area contributed by atoms with Crippen LogP contribution in [0.2, 0.25) is 0 Å². The van der Waals surface area contributed by atoms with Crippen molar-refractivity contribution in [2.45, 2.75) is 58.5 Å². The maximum Gasteiger partial charge on any atom is 0.292 e. The van der Waals surface area contributed by atoms with Gasteiger partial charge in [0.25, 0.3) is 11.7 Å². The monoisotopic (exact) mass is 532 g/mol. The summed E-state index contributed by atoms with van der Waals surface area (Å²) in [5, 5.41) is 15.6. The molecule has 38 heavy (non-hydrogen) atoms. The third kappa shape index (κ3) is 4.91. The van der Waals surface area contributed by atoms with Crippen molar-refractivity contribution in [1.29, 1.82) is 0 Å². The molecule has 0 atom stereocenters. The van der Waals surface area contributed by atoms with E-state index in [4.69, 9.17) is 4.52 Å². The largest absolute Gasteiger partial charge is 0.345 e. The summed E-state index contributed by atoms with van der Waals surface area (Å²) in [4.78, 5) is 21.4. The minimum atomic E-state index is -0.369. The number of nitrogens with one attached hydrogen (secondary N) is 1. The van der Waals surface area contributed by atoms with Gasteiger partial charge in [0.2, 0.25) is 5.89 Å². The van der Waals surface area contributed by atoms with Crippen LogP contribution in [0, 0.1) is 6.92 Å². The Hall–Kier alpha value is -4.05. The molecule has 0 aliphatic heterocycles. The molecule has 10 nitrogen and oxygen atoms in total. The van der Waals surface area contributed by atoms with Crippen LogP contribution in [0.25, 0.3) is 27.9 Å². The summed E-state index contributed by atoms with van der Waals surface area (Å²) in [5.74, 6) is 0.0971. The summed E-state index contributed by atoms with van der Waals surface area (Å²) in [6.07, 6.45) is 9.98. The first-order valence-corrected chi connectivity index (χ1v) is 12.4. The molecule has 0 saturated heterocycles. The van der Waals surface area contributed by atoms with Crippen LogP contribution in [0.4, 0.5) is 0 Å². The standard InChI is InChI=1S/C27H28N8O2.ClH/c1-16-9-17(5-6-18(16)11-28-25(36)24-32-26(37-33-24)27(2,3)4)23-22-10-19(13-35(22)31-15-29-23)20-12-30-34(14-20)21-7-8-21;/h5-6,9-10,12-15,21H,7-8,11H2,1-4H3,(H,28,36);1H. The number of carbonyl (C=O) groups excluding carboxylic acids is 1. The maximum atomic E-state index is 12.5. The maximum absolute atomic E-state index is 12.5. The topological polar surface area (TPSA) is 116 Å². The molecule has 1 saturated carbocycles. The van der Waals surface area contributed by atoms with Crippen molar-refractivity contribution in [1.82, 2.24) is 39.8 Å². The SMILES string of the molecule is Cc1cc(-c2ncnn3cc(-c4cnn(C5CC5)c4)cc23)ccc1CNC(=O)c1noc(C(C)(C)C)n1.Cl. The Morgan fingerprint density at radius 3 is 2.63 bits per heavy atom. The average molecular weight is 533 g/mol. The normalized spacial score (nSPS) is 13.5. The van der Waals surface area contributed by atoms with Gasteiger partial charge in [0.15, 0.2) is 0 Å². The lowest BCUT2D eigenvalue weighted by molar-refractivity contribution is 0.0937. The number of halogens is 1. The van der Waals surface area contributed by atoms with E-state index in [1.54, 1.807) is 6.33 Å². The van der Waals surface area contributed by atoms with Crippen molar-refractivity contribution in [2.75, 3.05) is 0 Å². The van der Waals surface area contributed by atoms with E-state index in [9.17, 15) is 4.79 Å². The zero-order valence-electron chi connectivity index (χ0n) is 21.7. The number of hydrogen-bond donors (Lipinski definition) is 1. The molecule has 6 rings (SSSR count). The zero-order valence-corrected chi connectivity index (χ0v) is 22.5. The predicted molar refractivity (Wildman–Crippen MR) is 144 cm³/mol. The molecule has 1 aliphatic carbocycles. The molecule has 0 radical (unpaired) electrons. The first kappa shape index (κ1) is 25.6. The van der Waals surface area contributed by atoms with Crippen LogP contribution in [0.3, 0.4) is 0 Å². The lowest BCUT2D eigenvalue weighted by Crippen LogP contribution is -2.24. The first-order chi connectivity index (χ1) is 17.8. The van der Waals surface area contributed by atoms with Gasteiger partial charge in [-0.05, 0) is 43.0 Å². The van der Waals surface area contributed by atoms with E-state index in [0.29, 0.717) is 18.5 Å². The summed E-state index contributed by atoms with van der Waals surface area (Å²) >= 11 is 0. The molecule has 0 bridgehead atoms. The molecule has 1 amide bonds. The van der Waals surface area contributed by atoms with Crippen molar-refractivity contribution in [3.8, 4) is 22.4 Å². The van der Waals surface area contributed by atoms with Crippen LogP contribution in [0.15, 0.2) is 53.7 Å². The quantitative estimate of drug-likeness (QED) is 0.329. The molecule has 1 aliphatic rings. The smallest absolute Gasteiger partial charge is 0.292 e. The van der Waals surface area contributed by atoms with Gasteiger partial charge in [0.05, 0.1) is 23.4 Å². The van der Waals surface area contributed by atoms with Gasteiger partial charge >= 0.3 is 0 Å². The summed E-state index contributed by atoms with van der Waals surface area (Å²) in [6, 6.07) is 8.74. The highest BCUT2D eigenvalue weighted by Crippen LogP contribution is 2.36. The number of aryl methyl sites for hydroxylation is 1. The van der Waals surface area contributed by atoms with Gasteiger partial charge in [-0.2, -0.15) is 15.2 Å². The lowest BCUT2D eigenvalue weighted by atomic mass is 9.97. The molecule has 1 N–H and O–H groups in total. The van der Waals surface area contributed by atoms with E-state index in [1.165, 1.54) is 12.8 Å². The van der Waals surface area contributed by atoms with E-state index in [0.717, 1.165) is 39.0 Å². The van der Waals surface area contributed by atoms with Gasteiger partial charge in [-0.15, -0.1) is 12.4 Å². The number of rotatable bonds is 6. The van der Waals surface area contributed by atoms with Crippen LogP contribution in [0.5, 0.6) is 0 Å². The highest BCUT2D eigenvalue weighted by molar-refractivity contribution is 5.90. The summed E-state index contributed by atoms with van der Waals surface area (Å²) < 4.78 is 9.13. The van der Waals surface area contributed by atoms with Crippen LogP contribution in [-0.4, -0.2) is 40.4 Å². The number of carbonyl (C=O) groups is 1. The number of aromatic nitrogens is 7. The van der Waals surface area contributed by atoms with Gasteiger partial charge in [-0.1, -0.05) is 38.1 Å². The molecular formula is C27H29ClN8O2. The van der Waals surface area contributed by atoms with Crippen LogP contribution in [-0.2, 0) is 12.0 Å². The van der Waals surface area contributed by atoms with E-state index in [1.807, 2.05) is 61.4 Å². The Bertz CT molecular complexity index is 1620. The summed E-state index contributed by atoms with van der Waals surface area (Å²) in [6.45, 7) is 8.23. The second-order valence-electron chi connectivity index (χ2n) is 10.6. The van der Waals surface area contributed by atoms with Crippen molar-refractivity contribution < 1.29 is 9.32 Å². The van der Waals surface area contributed by atoms with Gasteiger partial charge in [0.1, 0.15) is 6.33 Å². The first-order valence-electron chi connectivity index (χ1n) is 12.4. The number of benzene rings is 1. The Morgan fingerprint density at radius 1 is 1.11 bits per heavy atom. The summed E-state index contributed by atoms with van der Waals surface area (Å²) in [5.41, 5.74) is 6.58. The van der Waals surface area contributed by atoms with Crippen molar-refractivity contribution in [2.24, 2.45) is 0 Å². The van der Waals surface area contributed by atoms with Crippen molar-refractivity contribution >= 4 is 23.8 Å². The molecule has 4 heterocycles. The minimum Gasteiger partial charge on any atom is -0.345 e. The van der Waals surface area contributed by atoms with E-state index >= 15 is 0 Å². The van der Waals surface area contributed by atoms with Gasteiger partial charge in [0, 0.05) is 41.0 Å². The molecular weight excluding hydrogens is 504 g/mol. The van der Waals surface area contributed by atoms with Gasteiger partial charge in [-0.25, -0.2) is 9.50 Å². The fourth-order valence-corrected chi connectivity index (χ4v) is 4.25. The highest BCUT2D eigenvalue weighted by Gasteiger charge is 2.25. The number of amides is 1. The molecule has 1 fully saturated rings. The Labute approximate surface area is 225 Å². The highest BCUT2D eigenvalue weighted by atomic mass is 35.5.